The van der Waals surface area contributed by atoms with Crippen LogP contribution in [-0.2, 0) is 29.1 Å². The normalized spacial score (nSPS) is 20.3. The highest BCUT2D eigenvalue weighted by Gasteiger charge is 2.22. The lowest BCUT2D eigenvalue weighted by Crippen LogP contribution is -2.47. The maximum absolute atomic E-state index is 12.1. The Morgan fingerprint density at radius 2 is 2.21 bits per heavy atom. The molecule has 9 heteroatoms. The van der Waals surface area contributed by atoms with Crippen molar-refractivity contribution in [3.8, 4) is 0 Å². The lowest BCUT2D eigenvalue weighted by atomic mass is 10.1. The predicted molar refractivity (Wildman–Crippen MR) is 112 cm³/mol. The first-order valence-corrected chi connectivity index (χ1v) is 10.9. The second-order valence-electron chi connectivity index (χ2n) is 7.74. The van der Waals surface area contributed by atoms with E-state index in [9.17, 15) is 4.79 Å². The number of hydrogen-bond acceptors (Lipinski definition) is 5. The Hall–Kier alpha value is -2.16. The van der Waals surface area contributed by atoms with E-state index in [4.69, 9.17) is 9.73 Å². The van der Waals surface area contributed by atoms with E-state index in [1.165, 1.54) is 0 Å². The smallest absolute Gasteiger partial charge is 0.222 e. The van der Waals surface area contributed by atoms with E-state index in [1.807, 2.05) is 9.58 Å². The second-order valence-corrected chi connectivity index (χ2v) is 7.74. The summed E-state index contributed by atoms with van der Waals surface area (Å²) in [6, 6.07) is 0.268. The lowest BCUT2D eigenvalue weighted by Gasteiger charge is -2.25. The Balaban J connectivity index is 1.48. The van der Waals surface area contributed by atoms with E-state index >= 15 is 0 Å². The van der Waals surface area contributed by atoms with Gasteiger partial charge in [0.05, 0.1) is 6.54 Å². The fourth-order valence-corrected chi connectivity index (χ4v) is 3.91. The molecule has 1 aromatic heterocycles. The molecule has 0 radical (unpaired) electrons. The number of methoxy groups -OCH3 is 1. The largest absolute Gasteiger partial charge is 0.377 e. The van der Waals surface area contributed by atoms with Gasteiger partial charge in [0.25, 0.3) is 0 Å². The van der Waals surface area contributed by atoms with Gasteiger partial charge in [0, 0.05) is 52.2 Å². The molecule has 2 aliphatic heterocycles. The molecule has 0 spiro atoms. The van der Waals surface area contributed by atoms with E-state index in [0.29, 0.717) is 25.5 Å². The minimum absolute atomic E-state index is 0.268. The third-order valence-electron chi connectivity index (χ3n) is 5.39. The quantitative estimate of drug-likeness (QED) is 0.382. The van der Waals surface area contributed by atoms with Crippen molar-refractivity contribution >= 4 is 11.9 Å². The van der Waals surface area contributed by atoms with Gasteiger partial charge >= 0.3 is 0 Å². The van der Waals surface area contributed by atoms with Crippen LogP contribution >= 0.6 is 0 Å². The van der Waals surface area contributed by atoms with Crippen LogP contribution in [0, 0.1) is 0 Å². The van der Waals surface area contributed by atoms with Gasteiger partial charge in [0.15, 0.2) is 11.8 Å². The summed E-state index contributed by atoms with van der Waals surface area (Å²) in [5, 5.41) is 11.4. The highest BCUT2D eigenvalue weighted by atomic mass is 16.5. The summed E-state index contributed by atoms with van der Waals surface area (Å²) in [6.07, 6.45) is 6.80. The first kappa shape index (κ1) is 21.5. The molecule has 1 saturated heterocycles. The van der Waals surface area contributed by atoms with Crippen molar-refractivity contribution in [1.29, 1.82) is 0 Å². The number of aryl methyl sites for hydroxylation is 1. The first-order chi connectivity index (χ1) is 14.2. The zero-order valence-corrected chi connectivity index (χ0v) is 17.8. The minimum Gasteiger partial charge on any atom is -0.377 e. The number of hydrogen-bond donors (Lipinski definition) is 2. The average Bonchev–Trinajstić information content (AvgIpc) is 2.99. The Bertz CT molecular complexity index is 688. The van der Waals surface area contributed by atoms with Crippen molar-refractivity contribution in [3.05, 3.63) is 11.6 Å². The molecule has 29 heavy (non-hydrogen) atoms. The zero-order chi connectivity index (χ0) is 20.5. The molecule has 3 rings (SSSR count). The van der Waals surface area contributed by atoms with Crippen molar-refractivity contribution in [1.82, 2.24) is 30.3 Å². The standard InChI is InChI=1S/C20H35N7O2/c1-3-21-20(22-11-7-13-26-12-6-4-5-8-19(26)28)23-16-9-10-18-24-17(15-29-2)25-27(18)14-16/h16H,3-15H2,1-2H3,(H2,21,22,23). The molecule has 2 N–H and O–H groups in total. The highest BCUT2D eigenvalue weighted by Crippen LogP contribution is 2.14. The number of amides is 1. The van der Waals surface area contributed by atoms with Crippen molar-refractivity contribution in [2.24, 2.45) is 4.99 Å². The average molecular weight is 406 g/mol. The van der Waals surface area contributed by atoms with Gasteiger partial charge in [0.1, 0.15) is 12.4 Å². The molecule has 162 valence electrons. The number of fused-ring (bicyclic) bond motifs is 1. The Labute approximate surface area is 173 Å². The number of ether oxygens (including phenoxy) is 1. The summed E-state index contributed by atoms with van der Waals surface area (Å²) >= 11 is 0. The molecule has 2 aliphatic rings. The van der Waals surface area contributed by atoms with Gasteiger partial charge in [-0.1, -0.05) is 6.42 Å². The fraction of sp³-hybridized carbons (Fsp3) is 0.800. The summed E-state index contributed by atoms with van der Waals surface area (Å²) in [6.45, 7) is 6.51. The monoisotopic (exact) mass is 405 g/mol. The van der Waals surface area contributed by atoms with Crippen LogP contribution in [0.5, 0.6) is 0 Å². The molecule has 0 saturated carbocycles. The second kappa shape index (κ2) is 11.1. The molecule has 0 aromatic carbocycles. The van der Waals surface area contributed by atoms with E-state index in [0.717, 1.165) is 82.3 Å². The van der Waals surface area contributed by atoms with Crippen LogP contribution < -0.4 is 10.6 Å². The summed E-state index contributed by atoms with van der Waals surface area (Å²) in [5.74, 6) is 2.90. The number of likely N-dealkylation sites (tertiary alicyclic amines) is 1. The van der Waals surface area contributed by atoms with Gasteiger partial charge in [-0.15, -0.1) is 0 Å². The van der Waals surface area contributed by atoms with Gasteiger partial charge in [-0.3, -0.25) is 9.79 Å². The summed E-state index contributed by atoms with van der Waals surface area (Å²) in [7, 11) is 1.66. The van der Waals surface area contributed by atoms with Crippen LogP contribution in [0.15, 0.2) is 4.99 Å². The predicted octanol–water partition coefficient (Wildman–Crippen LogP) is 1.09. The van der Waals surface area contributed by atoms with Gasteiger partial charge in [0.2, 0.25) is 5.91 Å². The van der Waals surface area contributed by atoms with Crippen molar-refractivity contribution < 1.29 is 9.53 Å². The zero-order valence-electron chi connectivity index (χ0n) is 17.8. The molecule has 1 amide bonds. The molecule has 1 fully saturated rings. The molecular weight excluding hydrogens is 370 g/mol. The van der Waals surface area contributed by atoms with Crippen molar-refractivity contribution in [2.45, 2.75) is 71.1 Å². The molecule has 1 unspecified atom stereocenters. The van der Waals surface area contributed by atoms with Gasteiger partial charge < -0.3 is 20.3 Å². The number of rotatable bonds is 8. The number of carbonyl (C=O) groups excluding carboxylic acids is 1. The molecule has 1 atom stereocenters. The fourth-order valence-electron chi connectivity index (χ4n) is 3.91. The van der Waals surface area contributed by atoms with Crippen LogP contribution in [-0.4, -0.2) is 70.9 Å². The maximum Gasteiger partial charge on any atom is 0.222 e. The van der Waals surface area contributed by atoms with Crippen LogP contribution in [0.25, 0.3) is 0 Å². The van der Waals surface area contributed by atoms with E-state index in [2.05, 4.69) is 27.6 Å². The van der Waals surface area contributed by atoms with E-state index < -0.39 is 0 Å². The highest BCUT2D eigenvalue weighted by molar-refractivity contribution is 5.80. The molecule has 1 aromatic rings. The molecular formula is C20H35N7O2. The minimum atomic E-state index is 0.268. The summed E-state index contributed by atoms with van der Waals surface area (Å²) < 4.78 is 7.11. The van der Waals surface area contributed by atoms with Crippen LogP contribution in [0.3, 0.4) is 0 Å². The van der Waals surface area contributed by atoms with Gasteiger partial charge in [-0.05, 0) is 32.6 Å². The molecule has 3 heterocycles. The van der Waals surface area contributed by atoms with Gasteiger partial charge in [-0.25, -0.2) is 9.67 Å². The topological polar surface area (TPSA) is 96.7 Å². The number of guanidine groups is 1. The first-order valence-electron chi connectivity index (χ1n) is 10.9. The number of nitrogens with zero attached hydrogens (tertiary/aromatic N) is 5. The van der Waals surface area contributed by atoms with E-state index in [-0.39, 0.29) is 6.04 Å². The maximum atomic E-state index is 12.1. The molecule has 0 aliphatic carbocycles. The lowest BCUT2D eigenvalue weighted by molar-refractivity contribution is -0.130. The number of nitrogens with one attached hydrogen (secondary N) is 2. The van der Waals surface area contributed by atoms with Crippen LogP contribution in [0.4, 0.5) is 0 Å². The number of aliphatic imine (C=N–C) groups is 1. The Morgan fingerprint density at radius 3 is 3.03 bits per heavy atom. The van der Waals surface area contributed by atoms with E-state index in [1.54, 1.807) is 7.11 Å². The Kier molecular flexibility index (Phi) is 8.27. The number of carbonyl (C=O) groups is 1. The molecule has 0 bridgehead atoms. The molecule has 9 nitrogen and oxygen atoms in total. The summed E-state index contributed by atoms with van der Waals surface area (Å²) in [5.41, 5.74) is 0. The Morgan fingerprint density at radius 1 is 1.31 bits per heavy atom. The third-order valence-corrected chi connectivity index (χ3v) is 5.39. The van der Waals surface area contributed by atoms with Crippen LogP contribution in [0.1, 0.15) is 57.1 Å². The summed E-state index contributed by atoms with van der Waals surface area (Å²) in [4.78, 5) is 23.4. The van der Waals surface area contributed by atoms with Crippen LogP contribution in [0.2, 0.25) is 0 Å². The number of aromatic nitrogens is 3. The SMILES string of the molecule is CCNC(=NCCCN1CCCCCC1=O)NC1CCc2nc(COC)nn2C1. The van der Waals surface area contributed by atoms with Gasteiger partial charge in [-0.2, -0.15) is 5.10 Å². The van der Waals surface area contributed by atoms with Crippen molar-refractivity contribution in [2.75, 3.05) is 33.3 Å². The third kappa shape index (κ3) is 6.42. The van der Waals surface area contributed by atoms with Crippen molar-refractivity contribution in [3.63, 3.8) is 0 Å².